The average molecular weight is 250 g/mol. The van der Waals surface area contributed by atoms with Crippen molar-refractivity contribution in [2.45, 2.75) is 26.7 Å². The molecule has 6 nitrogen and oxygen atoms in total. The zero-order valence-corrected chi connectivity index (χ0v) is 10.3. The summed E-state index contributed by atoms with van der Waals surface area (Å²) in [6, 6.07) is 0. The van der Waals surface area contributed by atoms with Gasteiger partial charge < -0.3 is 5.11 Å². The Morgan fingerprint density at radius 2 is 2.06 bits per heavy atom. The predicted octanol–water partition coefficient (Wildman–Crippen LogP) is 0.0127. The quantitative estimate of drug-likeness (QED) is 0.737. The summed E-state index contributed by atoms with van der Waals surface area (Å²) < 4.78 is 23.5. The van der Waals surface area contributed by atoms with Gasteiger partial charge in [-0.15, -0.1) is 0 Å². The lowest BCUT2D eigenvalue weighted by Gasteiger charge is -2.37. The van der Waals surface area contributed by atoms with Gasteiger partial charge in [0.2, 0.25) is 0 Å². The molecule has 94 valence electrons. The van der Waals surface area contributed by atoms with Crippen LogP contribution in [-0.4, -0.2) is 36.9 Å². The lowest BCUT2D eigenvalue weighted by Crippen LogP contribution is -2.48. The predicted molar refractivity (Wildman–Crippen MR) is 58.8 cm³/mol. The first-order valence-electron chi connectivity index (χ1n) is 5.17. The standard InChI is InChI=1S/C9H18N2O4S/c1-9(2,8(12)13)7-4-3-5-11(6-7)16(10,14)15/h7H,3-6H2,1-2H3,(H,12,13)(H2,10,14,15). The Balaban J connectivity index is 2.83. The van der Waals surface area contributed by atoms with Gasteiger partial charge >= 0.3 is 5.97 Å². The van der Waals surface area contributed by atoms with Crippen molar-refractivity contribution in [3.05, 3.63) is 0 Å². The normalized spacial score (nSPS) is 24.3. The summed E-state index contributed by atoms with van der Waals surface area (Å²) in [5.41, 5.74) is -0.927. The number of nitrogens with zero attached hydrogens (tertiary/aromatic N) is 1. The van der Waals surface area contributed by atoms with Crippen LogP contribution in [0.3, 0.4) is 0 Å². The maximum Gasteiger partial charge on any atom is 0.309 e. The van der Waals surface area contributed by atoms with Crippen molar-refractivity contribution in [1.82, 2.24) is 4.31 Å². The van der Waals surface area contributed by atoms with Crippen molar-refractivity contribution in [3.63, 3.8) is 0 Å². The molecule has 0 amide bonds. The van der Waals surface area contributed by atoms with Gasteiger partial charge in [-0.25, -0.2) is 5.14 Å². The van der Waals surface area contributed by atoms with E-state index in [1.54, 1.807) is 13.8 Å². The fourth-order valence-corrected chi connectivity index (χ4v) is 2.71. The van der Waals surface area contributed by atoms with Gasteiger partial charge in [0.25, 0.3) is 10.2 Å². The summed E-state index contributed by atoms with van der Waals surface area (Å²) >= 11 is 0. The third kappa shape index (κ3) is 2.72. The molecule has 1 heterocycles. The minimum atomic E-state index is -3.70. The smallest absolute Gasteiger partial charge is 0.309 e. The second-order valence-electron chi connectivity index (χ2n) is 4.77. The van der Waals surface area contributed by atoms with E-state index in [9.17, 15) is 13.2 Å². The Morgan fingerprint density at radius 1 is 1.50 bits per heavy atom. The van der Waals surface area contributed by atoms with Gasteiger partial charge in [0.05, 0.1) is 5.41 Å². The van der Waals surface area contributed by atoms with Crippen molar-refractivity contribution in [1.29, 1.82) is 0 Å². The van der Waals surface area contributed by atoms with Crippen LogP contribution in [0.15, 0.2) is 0 Å². The van der Waals surface area contributed by atoms with E-state index in [-0.39, 0.29) is 12.5 Å². The highest BCUT2D eigenvalue weighted by Crippen LogP contribution is 2.34. The lowest BCUT2D eigenvalue weighted by molar-refractivity contribution is -0.151. The van der Waals surface area contributed by atoms with E-state index < -0.39 is 21.6 Å². The average Bonchev–Trinajstić information content (AvgIpc) is 2.16. The molecule has 1 rings (SSSR count). The van der Waals surface area contributed by atoms with Crippen molar-refractivity contribution in [2.24, 2.45) is 16.5 Å². The summed E-state index contributed by atoms with van der Waals surface area (Å²) in [5.74, 6) is -1.11. The van der Waals surface area contributed by atoms with Crippen LogP contribution in [0.2, 0.25) is 0 Å². The van der Waals surface area contributed by atoms with Crippen molar-refractivity contribution in [2.75, 3.05) is 13.1 Å². The molecule has 0 aliphatic carbocycles. The highest BCUT2D eigenvalue weighted by molar-refractivity contribution is 7.86. The molecular weight excluding hydrogens is 232 g/mol. The van der Waals surface area contributed by atoms with Crippen LogP contribution < -0.4 is 5.14 Å². The van der Waals surface area contributed by atoms with Gasteiger partial charge in [-0.3, -0.25) is 4.79 Å². The first-order chi connectivity index (χ1) is 7.15. The summed E-state index contributed by atoms with van der Waals surface area (Å²) in [6.45, 7) is 3.81. The molecule has 3 N–H and O–H groups in total. The number of carbonyl (C=O) groups is 1. The topological polar surface area (TPSA) is 101 Å². The van der Waals surface area contributed by atoms with Gasteiger partial charge in [0.1, 0.15) is 0 Å². The molecule has 0 aromatic carbocycles. The van der Waals surface area contributed by atoms with E-state index in [0.717, 1.165) is 4.31 Å². The Labute approximate surface area is 95.6 Å². The van der Waals surface area contributed by atoms with E-state index in [0.29, 0.717) is 19.4 Å². The number of nitrogens with two attached hydrogens (primary N) is 1. The number of carboxylic acid groups (broad SMARTS) is 1. The highest BCUT2D eigenvalue weighted by Gasteiger charge is 2.40. The number of hydrogen-bond acceptors (Lipinski definition) is 3. The van der Waals surface area contributed by atoms with Crippen molar-refractivity contribution in [3.8, 4) is 0 Å². The number of piperidine rings is 1. The molecule has 1 aliphatic heterocycles. The van der Waals surface area contributed by atoms with Crippen LogP contribution in [0.4, 0.5) is 0 Å². The Morgan fingerprint density at radius 3 is 2.50 bits per heavy atom. The van der Waals surface area contributed by atoms with Gasteiger partial charge in [0.15, 0.2) is 0 Å². The van der Waals surface area contributed by atoms with Crippen molar-refractivity contribution >= 4 is 16.2 Å². The third-order valence-electron chi connectivity index (χ3n) is 3.32. The fraction of sp³-hybridized carbons (Fsp3) is 0.889. The second-order valence-corrected chi connectivity index (χ2v) is 6.32. The molecule has 0 radical (unpaired) electrons. The molecule has 1 aliphatic rings. The molecule has 0 spiro atoms. The monoisotopic (exact) mass is 250 g/mol. The molecule has 16 heavy (non-hydrogen) atoms. The second kappa shape index (κ2) is 4.31. The zero-order chi connectivity index (χ0) is 12.6. The minimum Gasteiger partial charge on any atom is -0.481 e. The number of hydrogen-bond donors (Lipinski definition) is 2. The summed E-state index contributed by atoms with van der Waals surface area (Å²) in [7, 11) is -3.70. The molecular formula is C9H18N2O4S. The number of carboxylic acids is 1. The van der Waals surface area contributed by atoms with Gasteiger partial charge in [-0.1, -0.05) is 0 Å². The summed E-state index contributed by atoms with van der Waals surface area (Å²) in [6.07, 6.45) is 1.36. The molecule has 0 saturated carbocycles. The maximum atomic E-state index is 11.2. The molecule has 1 atom stereocenters. The summed E-state index contributed by atoms with van der Waals surface area (Å²) in [4.78, 5) is 11.1. The highest BCUT2D eigenvalue weighted by atomic mass is 32.2. The lowest BCUT2D eigenvalue weighted by atomic mass is 9.75. The molecule has 7 heteroatoms. The van der Waals surface area contributed by atoms with E-state index in [1.807, 2.05) is 0 Å². The molecule has 0 aromatic heterocycles. The molecule has 1 saturated heterocycles. The zero-order valence-electron chi connectivity index (χ0n) is 9.51. The number of rotatable bonds is 3. The summed E-state index contributed by atoms with van der Waals surface area (Å²) in [5, 5.41) is 14.1. The first-order valence-corrected chi connectivity index (χ1v) is 6.67. The maximum absolute atomic E-state index is 11.2. The molecule has 1 fully saturated rings. The van der Waals surface area contributed by atoms with E-state index in [4.69, 9.17) is 10.2 Å². The van der Waals surface area contributed by atoms with Crippen LogP contribution in [0, 0.1) is 11.3 Å². The minimum absolute atomic E-state index is 0.193. The fourth-order valence-electron chi connectivity index (χ4n) is 1.94. The Hall–Kier alpha value is -0.660. The molecule has 1 unspecified atom stereocenters. The van der Waals surface area contributed by atoms with Gasteiger partial charge in [0, 0.05) is 13.1 Å². The van der Waals surface area contributed by atoms with Crippen LogP contribution >= 0.6 is 0 Å². The molecule has 0 aromatic rings. The number of aliphatic carboxylic acids is 1. The molecule has 0 bridgehead atoms. The first kappa shape index (κ1) is 13.4. The van der Waals surface area contributed by atoms with Crippen LogP contribution in [0.1, 0.15) is 26.7 Å². The van der Waals surface area contributed by atoms with Crippen molar-refractivity contribution < 1.29 is 18.3 Å². The van der Waals surface area contributed by atoms with Gasteiger partial charge in [-0.2, -0.15) is 12.7 Å². The third-order valence-corrected chi connectivity index (χ3v) is 4.37. The van der Waals surface area contributed by atoms with Crippen LogP contribution in [-0.2, 0) is 15.0 Å². The van der Waals surface area contributed by atoms with Gasteiger partial charge in [-0.05, 0) is 32.6 Å². The Kier molecular flexibility index (Phi) is 3.61. The Bertz CT molecular complexity index is 377. The van der Waals surface area contributed by atoms with Crippen LogP contribution in [0.25, 0.3) is 0 Å². The van der Waals surface area contributed by atoms with E-state index in [2.05, 4.69) is 0 Å². The van der Waals surface area contributed by atoms with E-state index in [1.165, 1.54) is 0 Å². The van der Waals surface area contributed by atoms with Crippen LogP contribution in [0.5, 0.6) is 0 Å². The largest absolute Gasteiger partial charge is 0.481 e. The SMILES string of the molecule is CC(C)(C(=O)O)C1CCCN(S(N)(=O)=O)C1. The van der Waals surface area contributed by atoms with E-state index >= 15 is 0 Å².